The van der Waals surface area contributed by atoms with E-state index in [-0.39, 0.29) is 18.5 Å². The first-order valence-electron chi connectivity index (χ1n) is 6.21. The van der Waals surface area contributed by atoms with Crippen LogP contribution in [0, 0.1) is 0 Å². The van der Waals surface area contributed by atoms with E-state index in [0.29, 0.717) is 5.69 Å². The Morgan fingerprint density at radius 2 is 1.89 bits per heavy atom. The van der Waals surface area contributed by atoms with Crippen molar-refractivity contribution in [1.82, 2.24) is 4.90 Å². The molecule has 2 heterocycles. The van der Waals surface area contributed by atoms with Crippen LogP contribution in [0.15, 0.2) is 24.3 Å². The Morgan fingerprint density at radius 1 is 1.17 bits per heavy atom. The average Bonchev–Trinajstić information content (AvgIpc) is 2.90. The third-order valence-corrected chi connectivity index (χ3v) is 3.38. The highest BCUT2D eigenvalue weighted by atomic mass is 16.2. The maximum Gasteiger partial charge on any atom is 0.325 e. The quantitative estimate of drug-likeness (QED) is 0.755. The van der Waals surface area contributed by atoms with Crippen LogP contribution in [0.3, 0.4) is 0 Å². The summed E-state index contributed by atoms with van der Waals surface area (Å²) in [5.74, 6) is -0.138. The van der Waals surface area contributed by atoms with E-state index < -0.39 is 0 Å². The van der Waals surface area contributed by atoms with E-state index in [4.69, 9.17) is 0 Å². The van der Waals surface area contributed by atoms with Gasteiger partial charge in [-0.3, -0.25) is 9.69 Å². The standard InChI is InChI=1S/C13H15N3O2/c17-12-9-16(13(18)15-7-3-4-8-15)11-6-2-1-5-10(11)14-12/h1-2,5-6H,3-4,7-9H2,(H,14,17). The fourth-order valence-corrected chi connectivity index (χ4v) is 2.48. The number of fused-ring (bicyclic) bond motifs is 1. The summed E-state index contributed by atoms with van der Waals surface area (Å²) >= 11 is 0. The van der Waals surface area contributed by atoms with Crippen molar-refractivity contribution in [2.45, 2.75) is 12.8 Å². The fourth-order valence-electron chi connectivity index (χ4n) is 2.48. The molecule has 1 aromatic carbocycles. The highest BCUT2D eigenvalue weighted by Gasteiger charge is 2.30. The van der Waals surface area contributed by atoms with E-state index in [1.165, 1.54) is 0 Å². The summed E-state index contributed by atoms with van der Waals surface area (Å²) in [6.45, 7) is 1.69. The lowest BCUT2D eigenvalue weighted by molar-refractivity contribution is -0.115. The number of likely N-dealkylation sites (tertiary alicyclic amines) is 1. The maximum atomic E-state index is 12.4. The molecule has 3 rings (SSSR count). The van der Waals surface area contributed by atoms with Crippen molar-refractivity contribution in [2.75, 3.05) is 29.9 Å². The monoisotopic (exact) mass is 245 g/mol. The Labute approximate surface area is 105 Å². The zero-order valence-electron chi connectivity index (χ0n) is 10.1. The minimum Gasteiger partial charge on any atom is -0.324 e. The van der Waals surface area contributed by atoms with E-state index in [9.17, 15) is 9.59 Å². The van der Waals surface area contributed by atoms with Crippen LogP contribution in [-0.4, -0.2) is 36.5 Å². The molecule has 1 fully saturated rings. The molecule has 0 spiro atoms. The summed E-state index contributed by atoms with van der Waals surface area (Å²) < 4.78 is 0. The summed E-state index contributed by atoms with van der Waals surface area (Å²) in [4.78, 5) is 27.4. The van der Waals surface area contributed by atoms with Crippen molar-refractivity contribution in [3.63, 3.8) is 0 Å². The molecule has 0 unspecified atom stereocenters. The lowest BCUT2D eigenvalue weighted by Crippen LogP contribution is -2.48. The van der Waals surface area contributed by atoms with Crippen LogP contribution in [0.25, 0.3) is 0 Å². The molecule has 1 aromatic rings. The number of nitrogens with zero attached hydrogens (tertiary/aromatic N) is 2. The molecule has 2 aliphatic heterocycles. The first kappa shape index (κ1) is 11.1. The van der Waals surface area contributed by atoms with Gasteiger partial charge in [0.2, 0.25) is 5.91 Å². The molecule has 0 saturated carbocycles. The van der Waals surface area contributed by atoms with Gasteiger partial charge < -0.3 is 10.2 Å². The summed E-state index contributed by atoms with van der Waals surface area (Å²) in [7, 11) is 0. The number of urea groups is 1. The summed E-state index contributed by atoms with van der Waals surface area (Å²) in [5, 5.41) is 2.78. The van der Waals surface area contributed by atoms with Crippen molar-refractivity contribution >= 4 is 23.3 Å². The molecule has 18 heavy (non-hydrogen) atoms. The Kier molecular flexibility index (Phi) is 2.66. The summed E-state index contributed by atoms with van der Waals surface area (Å²) in [6, 6.07) is 7.35. The molecule has 0 atom stereocenters. The average molecular weight is 245 g/mol. The van der Waals surface area contributed by atoms with Crippen molar-refractivity contribution < 1.29 is 9.59 Å². The molecule has 5 nitrogen and oxygen atoms in total. The smallest absolute Gasteiger partial charge is 0.324 e. The van der Waals surface area contributed by atoms with Gasteiger partial charge >= 0.3 is 6.03 Å². The normalized spacial score (nSPS) is 18.6. The lowest BCUT2D eigenvalue weighted by atomic mass is 10.2. The van der Waals surface area contributed by atoms with Gasteiger partial charge in [-0.05, 0) is 25.0 Å². The minimum atomic E-state index is -0.138. The van der Waals surface area contributed by atoms with E-state index in [2.05, 4.69) is 5.32 Å². The number of carbonyl (C=O) groups is 2. The summed E-state index contributed by atoms with van der Waals surface area (Å²) in [5.41, 5.74) is 1.50. The van der Waals surface area contributed by atoms with Crippen molar-refractivity contribution in [3.05, 3.63) is 24.3 Å². The van der Waals surface area contributed by atoms with Gasteiger partial charge in [-0.25, -0.2) is 4.79 Å². The number of rotatable bonds is 0. The van der Waals surface area contributed by atoms with E-state index in [0.717, 1.165) is 31.6 Å². The van der Waals surface area contributed by atoms with Crippen LogP contribution in [0.5, 0.6) is 0 Å². The summed E-state index contributed by atoms with van der Waals surface area (Å²) in [6.07, 6.45) is 2.10. The van der Waals surface area contributed by atoms with Crippen LogP contribution in [0.1, 0.15) is 12.8 Å². The molecular formula is C13H15N3O2. The molecule has 0 bridgehead atoms. The molecule has 0 aromatic heterocycles. The number of nitrogens with one attached hydrogen (secondary N) is 1. The van der Waals surface area contributed by atoms with Crippen molar-refractivity contribution in [1.29, 1.82) is 0 Å². The number of hydrogen-bond donors (Lipinski definition) is 1. The Hall–Kier alpha value is -2.04. The lowest BCUT2D eigenvalue weighted by Gasteiger charge is -2.32. The second kappa shape index (κ2) is 4.33. The predicted molar refractivity (Wildman–Crippen MR) is 68.6 cm³/mol. The topological polar surface area (TPSA) is 52.7 Å². The Bertz CT molecular complexity index is 495. The number of carbonyl (C=O) groups excluding carboxylic acids is 2. The van der Waals surface area contributed by atoms with Crippen LogP contribution in [0.2, 0.25) is 0 Å². The van der Waals surface area contributed by atoms with Gasteiger partial charge in [0.1, 0.15) is 6.54 Å². The van der Waals surface area contributed by atoms with Crippen molar-refractivity contribution in [2.24, 2.45) is 0 Å². The van der Waals surface area contributed by atoms with Crippen LogP contribution in [-0.2, 0) is 4.79 Å². The van der Waals surface area contributed by atoms with Gasteiger partial charge in [0.25, 0.3) is 0 Å². The number of hydrogen-bond acceptors (Lipinski definition) is 2. The maximum absolute atomic E-state index is 12.4. The largest absolute Gasteiger partial charge is 0.325 e. The van der Waals surface area contributed by atoms with E-state index >= 15 is 0 Å². The zero-order chi connectivity index (χ0) is 12.5. The Morgan fingerprint density at radius 3 is 2.67 bits per heavy atom. The molecule has 1 saturated heterocycles. The SMILES string of the molecule is O=C1CN(C(=O)N2CCCC2)c2ccccc2N1. The third kappa shape index (κ3) is 1.81. The van der Waals surface area contributed by atoms with Crippen LogP contribution in [0.4, 0.5) is 16.2 Å². The first-order chi connectivity index (χ1) is 8.75. The molecular weight excluding hydrogens is 230 g/mol. The second-order valence-corrected chi connectivity index (χ2v) is 4.63. The third-order valence-electron chi connectivity index (χ3n) is 3.38. The number of benzene rings is 1. The Balaban J connectivity index is 1.92. The highest BCUT2D eigenvalue weighted by Crippen LogP contribution is 2.30. The second-order valence-electron chi connectivity index (χ2n) is 4.63. The fraction of sp³-hybridized carbons (Fsp3) is 0.385. The van der Waals surface area contributed by atoms with Gasteiger partial charge in [-0.15, -0.1) is 0 Å². The minimum absolute atomic E-state index is 0.0604. The molecule has 5 heteroatoms. The molecule has 0 radical (unpaired) electrons. The number of amides is 3. The van der Waals surface area contributed by atoms with Gasteiger partial charge in [0.15, 0.2) is 0 Å². The highest BCUT2D eigenvalue weighted by molar-refractivity contribution is 6.09. The van der Waals surface area contributed by atoms with Gasteiger partial charge in [-0.1, -0.05) is 12.1 Å². The first-order valence-corrected chi connectivity index (χ1v) is 6.21. The number of para-hydroxylation sites is 2. The zero-order valence-corrected chi connectivity index (χ0v) is 10.1. The van der Waals surface area contributed by atoms with Crippen LogP contribution < -0.4 is 10.2 Å². The molecule has 2 aliphatic rings. The van der Waals surface area contributed by atoms with E-state index in [1.54, 1.807) is 4.90 Å². The van der Waals surface area contributed by atoms with E-state index in [1.807, 2.05) is 29.2 Å². The molecule has 94 valence electrons. The molecule has 1 N–H and O–H groups in total. The van der Waals surface area contributed by atoms with Gasteiger partial charge in [-0.2, -0.15) is 0 Å². The van der Waals surface area contributed by atoms with Gasteiger partial charge in [0, 0.05) is 13.1 Å². The molecule has 0 aliphatic carbocycles. The van der Waals surface area contributed by atoms with Crippen molar-refractivity contribution in [3.8, 4) is 0 Å². The molecule has 3 amide bonds. The van der Waals surface area contributed by atoms with Gasteiger partial charge in [0.05, 0.1) is 11.4 Å². The number of anilines is 2. The predicted octanol–water partition coefficient (Wildman–Crippen LogP) is 1.66. The van der Waals surface area contributed by atoms with Crippen LogP contribution >= 0.6 is 0 Å².